The highest BCUT2D eigenvalue weighted by Crippen LogP contribution is 2.42. The summed E-state index contributed by atoms with van der Waals surface area (Å²) in [6, 6.07) is 11.6. The van der Waals surface area contributed by atoms with Gasteiger partial charge in [0, 0.05) is 6.08 Å². The molecule has 170 valence electrons. The van der Waals surface area contributed by atoms with Gasteiger partial charge in [-0.2, -0.15) is 5.26 Å². The molecule has 0 heterocycles. The summed E-state index contributed by atoms with van der Waals surface area (Å²) in [5.74, 6) is 3.63. The molecule has 1 aromatic carbocycles. The van der Waals surface area contributed by atoms with Gasteiger partial charge in [0.1, 0.15) is 0 Å². The van der Waals surface area contributed by atoms with Gasteiger partial charge in [0.15, 0.2) is 0 Å². The third kappa shape index (κ3) is 8.48. The highest BCUT2D eigenvalue weighted by molar-refractivity contribution is 5.22. The molecule has 1 heteroatoms. The van der Waals surface area contributed by atoms with Crippen LogP contribution in [0.2, 0.25) is 0 Å². The van der Waals surface area contributed by atoms with Gasteiger partial charge < -0.3 is 0 Å². The lowest BCUT2D eigenvalue weighted by atomic mass is 9.68. The van der Waals surface area contributed by atoms with Crippen LogP contribution in [0.15, 0.2) is 36.4 Å². The maximum absolute atomic E-state index is 8.72. The topological polar surface area (TPSA) is 23.8 Å². The van der Waals surface area contributed by atoms with Crippen molar-refractivity contribution in [1.29, 1.82) is 5.26 Å². The summed E-state index contributed by atoms with van der Waals surface area (Å²) in [5.41, 5.74) is 3.05. The second-order valence-corrected chi connectivity index (χ2v) is 10.5. The zero-order valence-electron chi connectivity index (χ0n) is 20.0. The molecule has 2 aliphatic rings. The minimum absolute atomic E-state index is 0.671. The third-order valence-corrected chi connectivity index (χ3v) is 8.24. The first kappa shape index (κ1) is 24.1. The number of hydrogen-bond acceptors (Lipinski definition) is 1. The Labute approximate surface area is 192 Å². The van der Waals surface area contributed by atoms with Crippen molar-refractivity contribution < 1.29 is 0 Å². The SMILES string of the molecule is CCCCCc1ccc(CCCC[C@H]2CC[C@H]([C@H]3CC[C@H](C=CC#N)CC3)CC2)cc1. The van der Waals surface area contributed by atoms with Crippen LogP contribution < -0.4 is 0 Å². The van der Waals surface area contributed by atoms with Gasteiger partial charge in [-0.1, -0.05) is 75.8 Å². The van der Waals surface area contributed by atoms with E-state index in [4.69, 9.17) is 5.26 Å². The highest BCUT2D eigenvalue weighted by atomic mass is 14.4. The van der Waals surface area contributed by atoms with Gasteiger partial charge in [0.2, 0.25) is 0 Å². The van der Waals surface area contributed by atoms with Crippen molar-refractivity contribution in [2.24, 2.45) is 23.7 Å². The predicted octanol–water partition coefficient (Wildman–Crippen LogP) is 8.82. The molecular formula is C30H45N. The summed E-state index contributed by atoms with van der Waals surface area (Å²) < 4.78 is 0. The zero-order chi connectivity index (χ0) is 21.7. The molecule has 0 N–H and O–H groups in total. The Morgan fingerprint density at radius 1 is 0.774 bits per heavy atom. The van der Waals surface area contributed by atoms with E-state index in [-0.39, 0.29) is 0 Å². The number of aryl methyl sites for hydroxylation is 2. The Balaban J connectivity index is 1.26. The lowest BCUT2D eigenvalue weighted by Gasteiger charge is -2.37. The van der Waals surface area contributed by atoms with E-state index in [2.05, 4.69) is 43.3 Å². The molecule has 0 amide bonds. The molecule has 0 radical (unpaired) electrons. The van der Waals surface area contributed by atoms with Crippen molar-refractivity contribution in [2.75, 3.05) is 0 Å². The van der Waals surface area contributed by atoms with Crippen LogP contribution in [0.1, 0.15) is 108 Å². The van der Waals surface area contributed by atoms with Crippen molar-refractivity contribution in [2.45, 2.75) is 110 Å². The molecule has 0 unspecified atom stereocenters. The van der Waals surface area contributed by atoms with Crippen LogP contribution in [0.25, 0.3) is 0 Å². The number of rotatable bonds is 11. The van der Waals surface area contributed by atoms with Gasteiger partial charge in [0.05, 0.1) is 6.07 Å². The van der Waals surface area contributed by atoms with Gasteiger partial charge >= 0.3 is 0 Å². The number of allylic oxidation sites excluding steroid dienone is 2. The van der Waals surface area contributed by atoms with E-state index in [0.717, 1.165) is 17.8 Å². The maximum Gasteiger partial charge on any atom is 0.0908 e. The minimum atomic E-state index is 0.671. The lowest BCUT2D eigenvalue weighted by Crippen LogP contribution is -2.25. The molecule has 3 rings (SSSR count). The fourth-order valence-electron chi connectivity index (χ4n) is 6.15. The van der Waals surface area contributed by atoms with Gasteiger partial charge in [-0.05, 0) is 99.0 Å². The molecule has 0 atom stereocenters. The van der Waals surface area contributed by atoms with Crippen LogP contribution in [-0.4, -0.2) is 0 Å². The summed E-state index contributed by atoms with van der Waals surface area (Å²) in [5, 5.41) is 8.72. The van der Waals surface area contributed by atoms with E-state index >= 15 is 0 Å². The van der Waals surface area contributed by atoms with Crippen LogP contribution in [-0.2, 0) is 12.8 Å². The molecule has 1 aromatic rings. The van der Waals surface area contributed by atoms with E-state index in [1.54, 1.807) is 6.08 Å². The second kappa shape index (κ2) is 13.8. The van der Waals surface area contributed by atoms with Crippen LogP contribution in [0.5, 0.6) is 0 Å². The van der Waals surface area contributed by atoms with Crippen LogP contribution in [0.4, 0.5) is 0 Å². The quantitative estimate of drug-likeness (QED) is 0.259. The standard InChI is InChI=1S/C30H45N/c1-2-3-4-8-25-12-14-26(15-13-25)9-5-6-10-27-16-20-29(21-17-27)30-22-18-28(19-23-30)11-7-24-31/h7,11-15,27-30H,2-6,8-10,16-23H2,1H3/t27-,28-,29-,30-. The molecular weight excluding hydrogens is 374 g/mol. The van der Waals surface area contributed by atoms with Crippen molar-refractivity contribution >= 4 is 0 Å². The zero-order valence-corrected chi connectivity index (χ0v) is 20.0. The molecule has 2 aliphatic carbocycles. The number of nitriles is 1. The van der Waals surface area contributed by atoms with Crippen molar-refractivity contribution in [3.8, 4) is 6.07 Å². The molecule has 0 saturated heterocycles. The fraction of sp³-hybridized carbons (Fsp3) is 0.700. The summed E-state index contributed by atoms with van der Waals surface area (Å²) >= 11 is 0. The molecule has 1 nitrogen and oxygen atoms in total. The van der Waals surface area contributed by atoms with Gasteiger partial charge in [-0.15, -0.1) is 0 Å². The van der Waals surface area contributed by atoms with Crippen molar-refractivity contribution in [3.05, 3.63) is 47.5 Å². The average Bonchev–Trinajstić information content (AvgIpc) is 2.82. The first-order chi connectivity index (χ1) is 15.3. The molecule has 2 fully saturated rings. The van der Waals surface area contributed by atoms with E-state index in [0.29, 0.717) is 5.92 Å². The molecule has 31 heavy (non-hydrogen) atoms. The Kier molecular flexibility index (Phi) is 10.7. The Hall–Kier alpha value is -1.55. The summed E-state index contributed by atoms with van der Waals surface area (Å²) in [4.78, 5) is 0. The van der Waals surface area contributed by atoms with Gasteiger partial charge in [-0.25, -0.2) is 0 Å². The lowest BCUT2D eigenvalue weighted by molar-refractivity contribution is 0.151. The molecule has 0 aliphatic heterocycles. The van der Waals surface area contributed by atoms with E-state index in [1.165, 1.54) is 114 Å². The van der Waals surface area contributed by atoms with Gasteiger partial charge in [-0.3, -0.25) is 0 Å². The predicted molar refractivity (Wildman–Crippen MR) is 133 cm³/mol. The Morgan fingerprint density at radius 3 is 1.87 bits per heavy atom. The Bertz CT molecular complexity index is 663. The number of hydrogen-bond donors (Lipinski definition) is 0. The third-order valence-electron chi connectivity index (χ3n) is 8.24. The number of benzene rings is 1. The Morgan fingerprint density at radius 2 is 1.32 bits per heavy atom. The van der Waals surface area contributed by atoms with Crippen LogP contribution >= 0.6 is 0 Å². The van der Waals surface area contributed by atoms with Crippen LogP contribution in [0, 0.1) is 35.0 Å². The largest absolute Gasteiger partial charge is 0.193 e. The van der Waals surface area contributed by atoms with E-state index < -0.39 is 0 Å². The first-order valence-corrected chi connectivity index (χ1v) is 13.4. The summed E-state index contributed by atoms with van der Waals surface area (Å²) in [6.45, 7) is 2.28. The molecule has 0 bridgehead atoms. The smallest absolute Gasteiger partial charge is 0.0908 e. The highest BCUT2D eigenvalue weighted by Gasteiger charge is 2.30. The molecule has 0 spiro atoms. The molecule has 0 aromatic heterocycles. The first-order valence-electron chi connectivity index (χ1n) is 13.4. The second-order valence-electron chi connectivity index (χ2n) is 10.5. The average molecular weight is 420 g/mol. The summed E-state index contributed by atoms with van der Waals surface area (Å²) in [7, 11) is 0. The summed E-state index contributed by atoms with van der Waals surface area (Å²) in [6.07, 6.45) is 25.9. The molecule has 2 saturated carbocycles. The number of nitrogens with zero attached hydrogens (tertiary/aromatic N) is 1. The van der Waals surface area contributed by atoms with E-state index in [9.17, 15) is 0 Å². The van der Waals surface area contributed by atoms with E-state index in [1.807, 2.05) is 0 Å². The fourth-order valence-corrected chi connectivity index (χ4v) is 6.15. The van der Waals surface area contributed by atoms with Crippen molar-refractivity contribution in [1.82, 2.24) is 0 Å². The van der Waals surface area contributed by atoms with Gasteiger partial charge in [0.25, 0.3) is 0 Å². The van der Waals surface area contributed by atoms with Crippen molar-refractivity contribution in [3.63, 3.8) is 0 Å². The normalized spacial score (nSPS) is 26.7. The monoisotopic (exact) mass is 419 g/mol. The maximum atomic E-state index is 8.72. The van der Waals surface area contributed by atoms with Crippen LogP contribution in [0.3, 0.4) is 0 Å². The minimum Gasteiger partial charge on any atom is -0.193 e. The number of unbranched alkanes of at least 4 members (excludes halogenated alkanes) is 3.